The Bertz CT molecular complexity index is 384. The van der Waals surface area contributed by atoms with E-state index in [2.05, 4.69) is 15.3 Å². The van der Waals surface area contributed by atoms with Crippen molar-refractivity contribution in [2.45, 2.75) is 45.3 Å². The molecule has 1 aromatic heterocycles. The average molecular weight is 251 g/mol. The lowest BCUT2D eigenvalue weighted by Gasteiger charge is -2.13. The van der Waals surface area contributed by atoms with Gasteiger partial charge in [-0.3, -0.25) is 0 Å². The molecule has 5 heteroatoms. The molecule has 1 aliphatic rings. The van der Waals surface area contributed by atoms with E-state index < -0.39 is 0 Å². The van der Waals surface area contributed by atoms with E-state index in [0.717, 1.165) is 31.6 Å². The van der Waals surface area contributed by atoms with E-state index in [1.54, 1.807) is 0 Å². The van der Waals surface area contributed by atoms with Crippen LogP contribution in [0.15, 0.2) is 12.4 Å². The summed E-state index contributed by atoms with van der Waals surface area (Å²) in [6, 6.07) is 1.81. The third-order valence-corrected chi connectivity index (χ3v) is 3.08. The van der Waals surface area contributed by atoms with Crippen molar-refractivity contribution in [3.63, 3.8) is 0 Å². The predicted octanol–water partition coefficient (Wildman–Crippen LogP) is 1.84. The van der Waals surface area contributed by atoms with Crippen molar-refractivity contribution < 1.29 is 9.84 Å². The monoisotopic (exact) mass is 251 g/mol. The molecule has 0 aromatic carbocycles. The number of aliphatic hydroxyl groups is 1. The minimum atomic E-state index is -0.123. The van der Waals surface area contributed by atoms with Gasteiger partial charge in [-0.15, -0.1) is 0 Å². The van der Waals surface area contributed by atoms with Gasteiger partial charge in [0.05, 0.1) is 12.2 Å². The highest BCUT2D eigenvalue weighted by molar-refractivity contribution is 5.37. The summed E-state index contributed by atoms with van der Waals surface area (Å²) in [5, 5.41) is 12.7. The highest BCUT2D eigenvalue weighted by Gasteiger charge is 2.22. The first kappa shape index (κ1) is 13.1. The summed E-state index contributed by atoms with van der Waals surface area (Å²) in [6.45, 7) is 4.78. The van der Waals surface area contributed by atoms with Crippen LogP contribution in [-0.4, -0.2) is 33.8 Å². The van der Waals surface area contributed by atoms with Crippen LogP contribution in [0.4, 0.5) is 5.82 Å². The van der Waals surface area contributed by atoms with Crippen molar-refractivity contribution in [2.75, 3.05) is 11.9 Å². The molecular formula is C13H21N3O2. The first-order valence-electron chi connectivity index (χ1n) is 6.54. The first-order valence-corrected chi connectivity index (χ1v) is 6.54. The fraction of sp³-hybridized carbons (Fsp3) is 0.692. The van der Waals surface area contributed by atoms with Crippen molar-refractivity contribution in [1.82, 2.24) is 9.97 Å². The van der Waals surface area contributed by atoms with Gasteiger partial charge in [0.15, 0.2) is 0 Å². The van der Waals surface area contributed by atoms with Gasteiger partial charge in [0.2, 0.25) is 5.88 Å². The van der Waals surface area contributed by atoms with Gasteiger partial charge in [0.1, 0.15) is 12.1 Å². The zero-order chi connectivity index (χ0) is 13.0. The van der Waals surface area contributed by atoms with Gasteiger partial charge in [-0.2, -0.15) is 0 Å². The van der Waals surface area contributed by atoms with E-state index in [1.165, 1.54) is 6.33 Å². The smallest absolute Gasteiger partial charge is 0.218 e. The van der Waals surface area contributed by atoms with Gasteiger partial charge < -0.3 is 15.2 Å². The van der Waals surface area contributed by atoms with Gasteiger partial charge in [-0.1, -0.05) is 0 Å². The van der Waals surface area contributed by atoms with Crippen molar-refractivity contribution in [1.29, 1.82) is 0 Å². The Morgan fingerprint density at radius 3 is 2.94 bits per heavy atom. The maximum atomic E-state index is 9.47. The second kappa shape index (κ2) is 6.00. The second-order valence-corrected chi connectivity index (χ2v) is 5.12. The lowest BCUT2D eigenvalue weighted by molar-refractivity contribution is 0.178. The molecule has 0 saturated heterocycles. The van der Waals surface area contributed by atoms with Gasteiger partial charge in [-0.25, -0.2) is 9.97 Å². The quantitative estimate of drug-likeness (QED) is 0.835. The minimum Gasteiger partial charge on any atom is -0.475 e. The van der Waals surface area contributed by atoms with Crippen molar-refractivity contribution in [3.8, 4) is 5.88 Å². The molecule has 1 fully saturated rings. The summed E-state index contributed by atoms with van der Waals surface area (Å²) in [7, 11) is 0. The third kappa shape index (κ3) is 3.84. The number of ether oxygens (including phenoxy) is 1. The van der Waals surface area contributed by atoms with Crippen molar-refractivity contribution in [3.05, 3.63) is 12.4 Å². The van der Waals surface area contributed by atoms with Gasteiger partial charge in [0.25, 0.3) is 0 Å². The molecule has 2 N–H and O–H groups in total. The summed E-state index contributed by atoms with van der Waals surface area (Å²) in [6.07, 6.45) is 4.36. The van der Waals surface area contributed by atoms with Crippen LogP contribution in [-0.2, 0) is 0 Å². The van der Waals surface area contributed by atoms with Crippen LogP contribution in [0.5, 0.6) is 5.88 Å². The fourth-order valence-electron chi connectivity index (χ4n) is 2.22. The zero-order valence-electron chi connectivity index (χ0n) is 11.0. The van der Waals surface area contributed by atoms with Crippen LogP contribution >= 0.6 is 0 Å². The van der Waals surface area contributed by atoms with Crippen LogP contribution in [0.2, 0.25) is 0 Å². The van der Waals surface area contributed by atoms with E-state index in [4.69, 9.17) is 4.74 Å². The molecule has 1 saturated carbocycles. The number of nitrogens with one attached hydrogen (secondary N) is 1. The molecule has 2 unspecified atom stereocenters. The number of hydrogen-bond acceptors (Lipinski definition) is 5. The van der Waals surface area contributed by atoms with E-state index in [9.17, 15) is 5.11 Å². The van der Waals surface area contributed by atoms with Crippen LogP contribution in [0.25, 0.3) is 0 Å². The molecule has 1 aromatic rings. The standard InChI is InChI=1S/C13H21N3O2/c1-9(2)18-13-6-12(15-8-16-13)14-7-10-3-4-11(17)5-10/h6,8-11,17H,3-5,7H2,1-2H3,(H,14,15,16). The topological polar surface area (TPSA) is 67.3 Å². The molecule has 100 valence electrons. The lowest BCUT2D eigenvalue weighted by atomic mass is 10.1. The van der Waals surface area contributed by atoms with Crippen LogP contribution in [0, 0.1) is 5.92 Å². The summed E-state index contributed by atoms with van der Waals surface area (Å²) >= 11 is 0. The van der Waals surface area contributed by atoms with Crippen LogP contribution < -0.4 is 10.1 Å². The Hall–Kier alpha value is -1.36. The second-order valence-electron chi connectivity index (χ2n) is 5.12. The highest BCUT2D eigenvalue weighted by Crippen LogP contribution is 2.25. The van der Waals surface area contributed by atoms with Crippen LogP contribution in [0.1, 0.15) is 33.1 Å². The fourth-order valence-corrected chi connectivity index (χ4v) is 2.22. The number of hydrogen-bond donors (Lipinski definition) is 2. The van der Waals surface area contributed by atoms with E-state index >= 15 is 0 Å². The zero-order valence-corrected chi connectivity index (χ0v) is 11.0. The van der Waals surface area contributed by atoms with Crippen LogP contribution in [0.3, 0.4) is 0 Å². The maximum absolute atomic E-state index is 9.47. The normalized spacial score (nSPS) is 23.3. The molecule has 1 aliphatic carbocycles. The number of nitrogens with zero attached hydrogens (tertiary/aromatic N) is 2. The van der Waals surface area contributed by atoms with E-state index in [0.29, 0.717) is 11.8 Å². The summed E-state index contributed by atoms with van der Waals surface area (Å²) in [4.78, 5) is 8.22. The van der Waals surface area contributed by atoms with E-state index in [1.807, 2.05) is 19.9 Å². The molecule has 0 aliphatic heterocycles. The predicted molar refractivity (Wildman–Crippen MR) is 69.6 cm³/mol. The van der Waals surface area contributed by atoms with Gasteiger partial charge in [-0.05, 0) is 39.0 Å². The molecule has 0 radical (unpaired) electrons. The number of rotatable bonds is 5. The van der Waals surface area contributed by atoms with Crippen molar-refractivity contribution in [2.24, 2.45) is 5.92 Å². The minimum absolute atomic E-state index is 0.109. The molecule has 0 spiro atoms. The SMILES string of the molecule is CC(C)Oc1cc(NCC2CCC(O)C2)ncn1. The molecule has 1 heterocycles. The number of aromatic nitrogens is 2. The number of anilines is 1. The summed E-state index contributed by atoms with van der Waals surface area (Å²) in [5.41, 5.74) is 0. The molecular weight excluding hydrogens is 230 g/mol. The maximum Gasteiger partial charge on any atom is 0.218 e. The first-order chi connectivity index (χ1) is 8.63. The Morgan fingerprint density at radius 1 is 1.44 bits per heavy atom. The van der Waals surface area contributed by atoms with Gasteiger partial charge >= 0.3 is 0 Å². The Balaban J connectivity index is 1.85. The Kier molecular flexibility index (Phi) is 4.36. The molecule has 0 amide bonds. The lowest BCUT2D eigenvalue weighted by Crippen LogP contribution is -2.14. The summed E-state index contributed by atoms with van der Waals surface area (Å²) in [5.74, 6) is 1.90. The number of aliphatic hydroxyl groups excluding tert-OH is 1. The third-order valence-electron chi connectivity index (χ3n) is 3.08. The molecule has 0 bridgehead atoms. The summed E-state index contributed by atoms with van der Waals surface area (Å²) < 4.78 is 5.51. The molecule has 5 nitrogen and oxygen atoms in total. The average Bonchev–Trinajstić information content (AvgIpc) is 2.72. The highest BCUT2D eigenvalue weighted by atomic mass is 16.5. The van der Waals surface area contributed by atoms with E-state index in [-0.39, 0.29) is 12.2 Å². The van der Waals surface area contributed by atoms with Crippen molar-refractivity contribution >= 4 is 5.82 Å². The Labute approximate surface area is 108 Å². The molecule has 18 heavy (non-hydrogen) atoms. The Morgan fingerprint density at radius 2 is 2.28 bits per heavy atom. The molecule has 2 atom stereocenters. The molecule has 2 rings (SSSR count). The van der Waals surface area contributed by atoms with Gasteiger partial charge in [0, 0.05) is 12.6 Å². The largest absolute Gasteiger partial charge is 0.475 e.